The number of imidazole rings is 1. The van der Waals surface area contributed by atoms with E-state index in [-0.39, 0.29) is 11.5 Å². The largest absolute Gasteiger partial charge is 0.478 e. The predicted octanol–water partition coefficient (Wildman–Crippen LogP) is 7.36. The molecule has 7 heteroatoms. The summed E-state index contributed by atoms with van der Waals surface area (Å²) in [7, 11) is 0. The minimum Gasteiger partial charge on any atom is -0.478 e. The molecule has 1 saturated heterocycles. The van der Waals surface area contributed by atoms with Gasteiger partial charge in [-0.15, -0.1) is 0 Å². The lowest BCUT2D eigenvalue weighted by Crippen LogP contribution is -2.27. The van der Waals surface area contributed by atoms with E-state index in [1.54, 1.807) is 12.1 Å². The maximum atomic E-state index is 12.9. The molecule has 1 aliphatic heterocycles. The summed E-state index contributed by atoms with van der Waals surface area (Å²) in [5.41, 5.74) is 6.26. The fourth-order valence-corrected chi connectivity index (χ4v) is 6.48. The lowest BCUT2D eigenvalue weighted by atomic mass is 9.94. The van der Waals surface area contributed by atoms with E-state index in [9.17, 15) is 14.7 Å². The Bertz CT molecular complexity index is 1800. The number of pyridine rings is 1. The lowest BCUT2D eigenvalue weighted by molar-refractivity contribution is 0.0696. The summed E-state index contributed by atoms with van der Waals surface area (Å²) in [5, 5.41) is 10.5. The Hall–Kier alpha value is -4.52. The minimum absolute atomic E-state index is 0.0890. The summed E-state index contributed by atoms with van der Waals surface area (Å²) >= 11 is 0. The SMILES string of the molecule is O=C(O)c1ccc2c(c1)nc(-c1ccc3nc(-c4cccc(C(=O)N5CCCC5)c4)ccc3c1)n2C1CCCCC1. The zero-order valence-electron chi connectivity index (χ0n) is 22.9. The van der Waals surface area contributed by atoms with Crippen LogP contribution in [-0.2, 0) is 0 Å². The van der Waals surface area contributed by atoms with Crippen molar-refractivity contribution in [2.75, 3.05) is 13.1 Å². The van der Waals surface area contributed by atoms with Crippen molar-refractivity contribution in [2.24, 2.45) is 0 Å². The van der Waals surface area contributed by atoms with E-state index in [0.29, 0.717) is 17.1 Å². The Kier molecular flexibility index (Phi) is 6.50. The maximum absolute atomic E-state index is 12.9. The molecule has 41 heavy (non-hydrogen) atoms. The average molecular weight is 545 g/mol. The quantitative estimate of drug-likeness (QED) is 0.250. The number of rotatable bonds is 5. The number of carboxylic acids is 1. The van der Waals surface area contributed by atoms with Crippen molar-refractivity contribution in [3.63, 3.8) is 0 Å². The van der Waals surface area contributed by atoms with Gasteiger partial charge in [-0.25, -0.2) is 14.8 Å². The second-order valence-corrected chi connectivity index (χ2v) is 11.3. The summed E-state index contributed by atoms with van der Waals surface area (Å²) in [6.07, 6.45) is 7.95. The Morgan fingerprint density at radius 2 is 1.56 bits per heavy atom. The molecule has 2 aromatic heterocycles. The van der Waals surface area contributed by atoms with Crippen LogP contribution in [0.2, 0.25) is 0 Å². The van der Waals surface area contributed by atoms with E-state index in [1.807, 2.05) is 47.4 Å². The third-order valence-corrected chi connectivity index (χ3v) is 8.62. The van der Waals surface area contributed by atoms with Crippen molar-refractivity contribution in [1.29, 1.82) is 0 Å². The van der Waals surface area contributed by atoms with E-state index in [4.69, 9.17) is 9.97 Å². The summed E-state index contributed by atoms with van der Waals surface area (Å²) in [6, 6.07) is 23.7. The molecule has 1 aliphatic carbocycles. The Labute approximate surface area is 238 Å². The second kappa shape index (κ2) is 10.5. The number of hydrogen-bond donors (Lipinski definition) is 1. The molecule has 1 N–H and O–H groups in total. The van der Waals surface area contributed by atoms with Gasteiger partial charge in [0.25, 0.3) is 5.91 Å². The first-order valence-electron chi connectivity index (χ1n) is 14.6. The molecule has 2 aliphatic rings. The number of aromatic nitrogens is 3. The number of amides is 1. The first-order chi connectivity index (χ1) is 20.0. The van der Waals surface area contributed by atoms with Crippen LogP contribution < -0.4 is 0 Å². The predicted molar refractivity (Wildman–Crippen MR) is 160 cm³/mol. The molecule has 3 aromatic carbocycles. The average Bonchev–Trinajstić information content (AvgIpc) is 3.69. The van der Waals surface area contributed by atoms with Crippen molar-refractivity contribution in [2.45, 2.75) is 51.0 Å². The second-order valence-electron chi connectivity index (χ2n) is 11.3. The first-order valence-corrected chi connectivity index (χ1v) is 14.6. The Morgan fingerprint density at radius 3 is 2.37 bits per heavy atom. The van der Waals surface area contributed by atoms with E-state index < -0.39 is 5.97 Å². The topological polar surface area (TPSA) is 88.3 Å². The van der Waals surface area contributed by atoms with Crippen molar-refractivity contribution in [1.82, 2.24) is 19.4 Å². The number of carbonyl (C=O) groups is 2. The van der Waals surface area contributed by atoms with E-state index in [1.165, 1.54) is 19.3 Å². The molecule has 1 amide bonds. The first kappa shape index (κ1) is 25.4. The molecule has 5 aromatic rings. The van der Waals surface area contributed by atoms with Gasteiger partial charge in [0.1, 0.15) is 5.82 Å². The highest BCUT2D eigenvalue weighted by Crippen LogP contribution is 2.37. The van der Waals surface area contributed by atoms with Crippen molar-refractivity contribution in [3.05, 3.63) is 83.9 Å². The molecular weight excluding hydrogens is 512 g/mol. The molecule has 1 saturated carbocycles. The van der Waals surface area contributed by atoms with Gasteiger partial charge in [-0.2, -0.15) is 0 Å². The molecular formula is C34H32N4O3. The summed E-state index contributed by atoms with van der Waals surface area (Å²) in [6.45, 7) is 1.66. The lowest BCUT2D eigenvalue weighted by Gasteiger charge is -2.25. The van der Waals surface area contributed by atoms with Crippen LogP contribution in [-0.4, -0.2) is 49.5 Å². The number of benzene rings is 3. The third kappa shape index (κ3) is 4.75. The van der Waals surface area contributed by atoms with Crippen molar-refractivity contribution < 1.29 is 14.7 Å². The number of fused-ring (bicyclic) bond motifs is 2. The normalized spacial score (nSPS) is 16.0. The van der Waals surface area contributed by atoms with Gasteiger partial charge in [-0.05, 0) is 80.3 Å². The molecule has 7 nitrogen and oxygen atoms in total. The van der Waals surface area contributed by atoms with Gasteiger partial charge in [0.05, 0.1) is 27.8 Å². The number of carbonyl (C=O) groups excluding carboxylic acids is 1. The van der Waals surface area contributed by atoms with Gasteiger partial charge in [-0.1, -0.05) is 37.5 Å². The fraction of sp³-hybridized carbons (Fsp3) is 0.294. The molecule has 7 rings (SSSR count). The van der Waals surface area contributed by atoms with Crippen LogP contribution >= 0.6 is 0 Å². The fourth-order valence-electron chi connectivity index (χ4n) is 6.48. The molecule has 0 bridgehead atoms. The van der Waals surface area contributed by atoms with Gasteiger partial charge >= 0.3 is 5.97 Å². The van der Waals surface area contributed by atoms with Crippen LogP contribution in [0.1, 0.15) is 71.7 Å². The van der Waals surface area contributed by atoms with Crippen LogP contribution in [0.5, 0.6) is 0 Å². The minimum atomic E-state index is -0.945. The molecule has 0 unspecified atom stereocenters. The molecule has 2 fully saturated rings. The van der Waals surface area contributed by atoms with E-state index >= 15 is 0 Å². The van der Waals surface area contributed by atoms with E-state index in [0.717, 1.165) is 77.8 Å². The molecule has 206 valence electrons. The van der Waals surface area contributed by atoms with Crippen LogP contribution in [0.4, 0.5) is 0 Å². The zero-order chi connectivity index (χ0) is 27.9. The number of hydrogen-bond acceptors (Lipinski definition) is 4. The molecule has 0 spiro atoms. The smallest absolute Gasteiger partial charge is 0.335 e. The third-order valence-electron chi connectivity index (χ3n) is 8.62. The van der Waals surface area contributed by atoms with E-state index in [2.05, 4.69) is 22.8 Å². The van der Waals surface area contributed by atoms with Crippen molar-refractivity contribution >= 4 is 33.8 Å². The highest BCUT2D eigenvalue weighted by atomic mass is 16.4. The van der Waals surface area contributed by atoms with Crippen LogP contribution in [0.25, 0.3) is 44.6 Å². The number of likely N-dealkylation sites (tertiary alicyclic amines) is 1. The Morgan fingerprint density at radius 1 is 0.732 bits per heavy atom. The highest BCUT2D eigenvalue weighted by Gasteiger charge is 2.24. The van der Waals surface area contributed by atoms with Crippen molar-refractivity contribution in [3.8, 4) is 22.6 Å². The Balaban J connectivity index is 1.26. The monoisotopic (exact) mass is 544 g/mol. The van der Waals surface area contributed by atoms with Crippen LogP contribution in [0.15, 0.2) is 72.8 Å². The highest BCUT2D eigenvalue weighted by molar-refractivity contribution is 5.96. The van der Waals surface area contributed by atoms with Gasteiger partial charge < -0.3 is 14.6 Å². The zero-order valence-corrected chi connectivity index (χ0v) is 22.9. The summed E-state index contributed by atoms with van der Waals surface area (Å²) < 4.78 is 2.33. The van der Waals surface area contributed by atoms with Gasteiger partial charge in [0, 0.05) is 41.2 Å². The number of aromatic carboxylic acids is 1. The summed E-state index contributed by atoms with van der Waals surface area (Å²) in [4.78, 5) is 36.4. The van der Waals surface area contributed by atoms with Gasteiger partial charge in [0.2, 0.25) is 0 Å². The van der Waals surface area contributed by atoms with Gasteiger partial charge in [0.15, 0.2) is 0 Å². The van der Waals surface area contributed by atoms with Crippen LogP contribution in [0.3, 0.4) is 0 Å². The number of nitrogens with zero attached hydrogens (tertiary/aromatic N) is 4. The van der Waals surface area contributed by atoms with Crippen LogP contribution in [0, 0.1) is 0 Å². The molecule has 3 heterocycles. The summed E-state index contributed by atoms with van der Waals surface area (Å²) in [5.74, 6) is 0.0128. The number of carboxylic acid groups (broad SMARTS) is 1. The molecule has 0 atom stereocenters. The standard InChI is InChI=1S/C34H32N4O3/c39-33(37-17-4-5-18-37)25-8-6-7-22(20-25)28-14-11-23-19-24(12-15-29(23)35-28)32-36-30-21-26(34(40)41)13-16-31(30)38(32)27-9-2-1-3-10-27/h6-8,11-16,19-21,27H,1-5,9-10,17-18H2,(H,40,41). The molecule has 0 radical (unpaired) electrons. The maximum Gasteiger partial charge on any atom is 0.335 e. The van der Waals surface area contributed by atoms with Gasteiger partial charge in [-0.3, -0.25) is 4.79 Å².